The molecule has 0 radical (unpaired) electrons. The molecule has 0 bridgehead atoms. The lowest BCUT2D eigenvalue weighted by atomic mass is 10.2. The van der Waals surface area contributed by atoms with E-state index in [1.807, 2.05) is 0 Å². The first-order chi connectivity index (χ1) is 4.12. The molecule has 0 aliphatic rings. The standard InChI is InChI=1S/C5H11NO3/c1-9-3-2-5(6,8)4-7/h4,8H,2-3,6H2,1H3. The van der Waals surface area contributed by atoms with Gasteiger partial charge >= 0.3 is 0 Å². The maximum Gasteiger partial charge on any atom is 0.172 e. The fraction of sp³-hybridized carbons (Fsp3) is 0.800. The molecule has 4 heteroatoms. The second-order valence-electron chi connectivity index (χ2n) is 1.85. The first-order valence-electron chi connectivity index (χ1n) is 2.59. The average Bonchev–Trinajstić information content (AvgIpc) is 1.84. The fourth-order valence-electron chi connectivity index (χ4n) is 0.324. The molecule has 0 aliphatic heterocycles. The van der Waals surface area contributed by atoms with E-state index in [1.165, 1.54) is 7.11 Å². The van der Waals surface area contributed by atoms with Crippen molar-refractivity contribution >= 4 is 6.29 Å². The molecule has 0 spiro atoms. The summed E-state index contributed by atoms with van der Waals surface area (Å²) in [6.07, 6.45) is 0.430. The van der Waals surface area contributed by atoms with Gasteiger partial charge in [-0.05, 0) is 0 Å². The Balaban J connectivity index is 3.45. The largest absolute Gasteiger partial charge is 0.385 e. The van der Waals surface area contributed by atoms with E-state index in [0.29, 0.717) is 6.29 Å². The molecule has 0 rings (SSSR count). The fourth-order valence-corrected chi connectivity index (χ4v) is 0.324. The summed E-state index contributed by atoms with van der Waals surface area (Å²) in [5.74, 6) is 0. The van der Waals surface area contributed by atoms with E-state index in [9.17, 15) is 4.79 Å². The van der Waals surface area contributed by atoms with Gasteiger partial charge in [0.1, 0.15) is 0 Å². The van der Waals surface area contributed by atoms with E-state index >= 15 is 0 Å². The van der Waals surface area contributed by atoms with Crippen LogP contribution in [0.15, 0.2) is 0 Å². The van der Waals surface area contributed by atoms with E-state index < -0.39 is 5.72 Å². The molecule has 0 heterocycles. The molecule has 0 aromatic heterocycles. The highest BCUT2D eigenvalue weighted by Crippen LogP contribution is 1.96. The summed E-state index contributed by atoms with van der Waals surface area (Å²) >= 11 is 0. The van der Waals surface area contributed by atoms with Crippen LogP contribution in [0.4, 0.5) is 0 Å². The third-order valence-corrected chi connectivity index (χ3v) is 0.911. The van der Waals surface area contributed by atoms with E-state index in [4.69, 9.17) is 10.8 Å². The van der Waals surface area contributed by atoms with Crippen molar-refractivity contribution in [1.82, 2.24) is 0 Å². The van der Waals surface area contributed by atoms with Gasteiger partial charge in [0, 0.05) is 13.5 Å². The van der Waals surface area contributed by atoms with Gasteiger partial charge in [-0.15, -0.1) is 0 Å². The minimum atomic E-state index is -1.71. The van der Waals surface area contributed by atoms with Crippen LogP contribution in [0, 0.1) is 0 Å². The van der Waals surface area contributed by atoms with Gasteiger partial charge in [0.15, 0.2) is 12.0 Å². The lowest BCUT2D eigenvalue weighted by molar-refractivity contribution is -0.125. The summed E-state index contributed by atoms with van der Waals surface area (Å²) in [6.45, 7) is 0.283. The third kappa shape index (κ3) is 4.08. The molecule has 1 atom stereocenters. The van der Waals surface area contributed by atoms with Crippen molar-refractivity contribution in [1.29, 1.82) is 0 Å². The van der Waals surface area contributed by atoms with Crippen molar-refractivity contribution in [3.63, 3.8) is 0 Å². The van der Waals surface area contributed by atoms with Crippen LogP contribution in [0.25, 0.3) is 0 Å². The number of ether oxygens (including phenoxy) is 1. The van der Waals surface area contributed by atoms with E-state index in [-0.39, 0.29) is 13.0 Å². The van der Waals surface area contributed by atoms with Crippen molar-refractivity contribution in [2.24, 2.45) is 5.73 Å². The highest BCUT2D eigenvalue weighted by Gasteiger charge is 2.18. The highest BCUT2D eigenvalue weighted by molar-refractivity contribution is 5.60. The van der Waals surface area contributed by atoms with E-state index in [2.05, 4.69) is 4.74 Å². The summed E-state index contributed by atoms with van der Waals surface area (Å²) in [7, 11) is 1.47. The Labute approximate surface area is 53.6 Å². The van der Waals surface area contributed by atoms with Gasteiger partial charge in [-0.2, -0.15) is 0 Å². The Morgan fingerprint density at radius 1 is 1.89 bits per heavy atom. The molecule has 4 nitrogen and oxygen atoms in total. The predicted molar refractivity (Wildman–Crippen MR) is 31.7 cm³/mol. The molecular weight excluding hydrogens is 122 g/mol. The summed E-state index contributed by atoms with van der Waals surface area (Å²) in [6, 6.07) is 0. The number of methoxy groups -OCH3 is 1. The summed E-state index contributed by atoms with van der Waals surface area (Å²) < 4.78 is 4.58. The maximum absolute atomic E-state index is 9.90. The monoisotopic (exact) mass is 133 g/mol. The first-order valence-corrected chi connectivity index (χ1v) is 2.59. The Bertz CT molecular complexity index is 92.2. The Hall–Kier alpha value is -0.450. The van der Waals surface area contributed by atoms with Gasteiger partial charge in [-0.3, -0.25) is 10.5 Å². The van der Waals surface area contributed by atoms with Crippen molar-refractivity contribution in [2.45, 2.75) is 12.1 Å². The van der Waals surface area contributed by atoms with Crippen LogP contribution in [0.2, 0.25) is 0 Å². The van der Waals surface area contributed by atoms with Crippen molar-refractivity contribution in [3.8, 4) is 0 Å². The number of rotatable bonds is 4. The highest BCUT2D eigenvalue weighted by atomic mass is 16.5. The quantitative estimate of drug-likeness (QED) is 0.376. The number of hydrogen-bond donors (Lipinski definition) is 2. The van der Waals surface area contributed by atoms with Gasteiger partial charge in [-0.25, -0.2) is 0 Å². The van der Waals surface area contributed by atoms with E-state index in [1.54, 1.807) is 0 Å². The molecule has 0 saturated heterocycles. The third-order valence-electron chi connectivity index (χ3n) is 0.911. The van der Waals surface area contributed by atoms with Gasteiger partial charge in [0.05, 0.1) is 6.61 Å². The SMILES string of the molecule is COCCC(N)(O)C=O. The molecule has 54 valence electrons. The van der Waals surface area contributed by atoms with Crippen LogP contribution in [0.3, 0.4) is 0 Å². The van der Waals surface area contributed by atoms with Gasteiger partial charge in [0.25, 0.3) is 0 Å². The zero-order valence-corrected chi connectivity index (χ0v) is 5.33. The van der Waals surface area contributed by atoms with Crippen molar-refractivity contribution in [2.75, 3.05) is 13.7 Å². The maximum atomic E-state index is 9.90. The van der Waals surface area contributed by atoms with E-state index in [0.717, 1.165) is 0 Å². The van der Waals surface area contributed by atoms with Crippen LogP contribution in [-0.4, -0.2) is 30.8 Å². The summed E-state index contributed by atoms with van der Waals surface area (Å²) in [5, 5.41) is 8.78. The number of nitrogens with two attached hydrogens (primary N) is 1. The van der Waals surface area contributed by atoms with Crippen LogP contribution >= 0.6 is 0 Å². The first kappa shape index (κ1) is 8.55. The van der Waals surface area contributed by atoms with Crippen LogP contribution in [0.5, 0.6) is 0 Å². The Morgan fingerprint density at radius 3 is 2.78 bits per heavy atom. The molecule has 3 N–H and O–H groups in total. The normalized spacial score (nSPS) is 16.8. The van der Waals surface area contributed by atoms with Crippen LogP contribution in [-0.2, 0) is 9.53 Å². The lowest BCUT2D eigenvalue weighted by Gasteiger charge is -2.13. The topological polar surface area (TPSA) is 72.6 Å². The smallest absolute Gasteiger partial charge is 0.172 e. The summed E-state index contributed by atoms with van der Waals surface area (Å²) in [4.78, 5) is 9.90. The van der Waals surface area contributed by atoms with Crippen LogP contribution in [0.1, 0.15) is 6.42 Å². The number of aldehydes is 1. The number of carbonyl (C=O) groups excluding carboxylic acids is 1. The minimum Gasteiger partial charge on any atom is -0.385 e. The Kier molecular flexibility index (Phi) is 3.37. The zero-order valence-electron chi connectivity index (χ0n) is 5.33. The summed E-state index contributed by atoms with van der Waals surface area (Å²) in [5.41, 5.74) is 3.30. The Morgan fingerprint density at radius 2 is 2.44 bits per heavy atom. The second kappa shape index (κ2) is 3.55. The second-order valence-corrected chi connectivity index (χ2v) is 1.85. The average molecular weight is 133 g/mol. The van der Waals surface area contributed by atoms with Gasteiger partial charge in [-0.1, -0.05) is 0 Å². The molecule has 0 aromatic carbocycles. The number of aliphatic hydroxyl groups is 1. The number of hydrogen-bond acceptors (Lipinski definition) is 4. The molecule has 0 aromatic rings. The van der Waals surface area contributed by atoms with Gasteiger partial charge < -0.3 is 9.84 Å². The van der Waals surface area contributed by atoms with Crippen LogP contribution < -0.4 is 5.73 Å². The molecule has 0 fully saturated rings. The van der Waals surface area contributed by atoms with Gasteiger partial charge in [0.2, 0.25) is 0 Å². The molecule has 1 unspecified atom stereocenters. The van der Waals surface area contributed by atoms with Crippen molar-refractivity contribution < 1.29 is 14.6 Å². The predicted octanol–water partition coefficient (Wildman–Crippen LogP) is -1.13. The molecule has 0 saturated carbocycles. The van der Waals surface area contributed by atoms with Crippen molar-refractivity contribution in [3.05, 3.63) is 0 Å². The zero-order chi connectivity index (χ0) is 7.33. The number of carbonyl (C=O) groups is 1. The molecule has 0 aliphatic carbocycles. The molecular formula is C5H11NO3. The molecule has 0 amide bonds. The molecule has 9 heavy (non-hydrogen) atoms. The lowest BCUT2D eigenvalue weighted by Crippen LogP contribution is -2.42. The minimum absolute atomic E-state index is 0.132.